The van der Waals surface area contributed by atoms with Gasteiger partial charge in [-0.1, -0.05) is 35.9 Å². The zero-order valence-corrected chi connectivity index (χ0v) is 19.5. The fourth-order valence-electron chi connectivity index (χ4n) is 3.97. The molecule has 0 unspecified atom stereocenters. The minimum Gasteiger partial charge on any atom is -0.490 e. The molecule has 168 valence electrons. The van der Waals surface area contributed by atoms with Crippen molar-refractivity contribution in [2.24, 2.45) is 5.92 Å². The maximum atomic E-state index is 12.9. The van der Waals surface area contributed by atoms with E-state index in [2.05, 4.69) is 16.3 Å². The first-order chi connectivity index (χ1) is 15.0. The lowest BCUT2D eigenvalue weighted by Gasteiger charge is -2.32. The number of carbonyl (C=O) groups excluding carboxylic acids is 1. The minimum atomic E-state index is -0.0939. The summed E-state index contributed by atoms with van der Waals surface area (Å²) in [5, 5.41) is 3.99. The van der Waals surface area contributed by atoms with E-state index in [1.165, 1.54) is 0 Å². The third kappa shape index (κ3) is 6.37. The number of halogens is 1. The van der Waals surface area contributed by atoms with Gasteiger partial charge in [0.15, 0.2) is 11.5 Å². The number of hydrogen-bond acceptors (Lipinski definition) is 4. The van der Waals surface area contributed by atoms with Gasteiger partial charge in [0.1, 0.15) is 0 Å². The minimum absolute atomic E-state index is 0.0407. The summed E-state index contributed by atoms with van der Waals surface area (Å²) in [6.45, 7) is 9.69. The molecule has 0 spiro atoms. The molecule has 2 aromatic carbocycles. The Bertz CT molecular complexity index is 866. The van der Waals surface area contributed by atoms with Gasteiger partial charge in [-0.15, -0.1) is 0 Å². The van der Waals surface area contributed by atoms with E-state index in [9.17, 15) is 4.79 Å². The third-order valence-electron chi connectivity index (χ3n) is 5.74. The third-order valence-corrected chi connectivity index (χ3v) is 6.11. The molecular formula is C25H33ClN2O3. The van der Waals surface area contributed by atoms with Crippen molar-refractivity contribution in [1.82, 2.24) is 10.2 Å². The van der Waals surface area contributed by atoms with Crippen LogP contribution in [0, 0.1) is 5.92 Å². The molecule has 1 heterocycles. The number of nitrogens with one attached hydrogen (secondary N) is 1. The van der Waals surface area contributed by atoms with Crippen LogP contribution in [0.1, 0.15) is 50.8 Å². The summed E-state index contributed by atoms with van der Waals surface area (Å²) >= 11 is 6.29. The number of nitrogens with zero attached hydrogens (tertiary/aromatic N) is 1. The predicted octanol–water partition coefficient (Wildman–Crippen LogP) is 5.23. The van der Waals surface area contributed by atoms with Crippen LogP contribution in [0.15, 0.2) is 42.5 Å². The first kappa shape index (κ1) is 23.4. The van der Waals surface area contributed by atoms with Crippen molar-refractivity contribution in [3.8, 4) is 11.5 Å². The van der Waals surface area contributed by atoms with Gasteiger partial charge in [-0.2, -0.15) is 0 Å². The molecule has 1 N–H and O–H groups in total. The first-order valence-corrected chi connectivity index (χ1v) is 11.5. The van der Waals surface area contributed by atoms with Crippen LogP contribution in [0.25, 0.3) is 0 Å². The van der Waals surface area contributed by atoms with Gasteiger partial charge in [0.05, 0.1) is 19.3 Å². The van der Waals surface area contributed by atoms with Crippen LogP contribution in [-0.2, 0) is 11.3 Å². The first-order valence-electron chi connectivity index (χ1n) is 11.2. The Kier molecular flexibility index (Phi) is 8.61. The molecule has 5 nitrogen and oxygen atoms in total. The van der Waals surface area contributed by atoms with Crippen LogP contribution in [-0.4, -0.2) is 37.1 Å². The largest absolute Gasteiger partial charge is 0.490 e. The quantitative estimate of drug-likeness (QED) is 0.575. The Morgan fingerprint density at radius 1 is 1.10 bits per heavy atom. The van der Waals surface area contributed by atoms with Crippen LogP contribution in [0.4, 0.5) is 0 Å². The van der Waals surface area contributed by atoms with E-state index in [0.29, 0.717) is 13.2 Å². The fourth-order valence-corrected chi connectivity index (χ4v) is 4.17. The van der Waals surface area contributed by atoms with Crippen LogP contribution in [0.5, 0.6) is 11.5 Å². The van der Waals surface area contributed by atoms with Gasteiger partial charge in [-0.25, -0.2) is 0 Å². The number of piperidine rings is 1. The van der Waals surface area contributed by atoms with Crippen LogP contribution < -0.4 is 14.8 Å². The number of carbonyl (C=O) groups is 1. The molecule has 0 saturated carbocycles. The van der Waals surface area contributed by atoms with Gasteiger partial charge in [-0.3, -0.25) is 9.69 Å². The molecule has 1 saturated heterocycles. The van der Waals surface area contributed by atoms with E-state index in [1.807, 2.05) is 57.2 Å². The molecule has 0 aliphatic carbocycles. The lowest BCUT2D eigenvalue weighted by Crippen LogP contribution is -2.40. The number of benzene rings is 2. The summed E-state index contributed by atoms with van der Waals surface area (Å²) in [5.74, 6) is 1.61. The van der Waals surface area contributed by atoms with Crippen molar-refractivity contribution in [3.05, 3.63) is 58.6 Å². The average molecular weight is 445 g/mol. The highest BCUT2D eigenvalue weighted by molar-refractivity contribution is 6.31. The fraction of sp³-hybridized carbons (Fsp3) is 0.480. The summed E-state index contributed by atoms with van der Waals surface area (Å²) in [7, 11) is 0. The highest BCUT2D eigenvalue weighted by atomic mass is 35.5. The van der Waals surface area contributed by atoms with Gasteiger partial charge >= 0.3 is 0 Å². The Labute approximate surface area is 190 Å². The maximum absolute atomic E-state index is 12.9. The molecule has 6 heteroatoms. The topological polar surface area (TPSA) is 50.8 Å². The van der Waals surface area contributed by atoms with Crippen molar-refractivity contribution in [2.75, 3.05) is 26.3 Å². The number of rotatable bonds is 9. The molecular weight excluding hydrogens is 412 g/mol. The Hall–Kier alpha value is -2.24. The van der Waals surface area contributed by atoms with Gasteiger partial charge < -0.3 is 14.8 Å². The van der Waals surface area contributed by atoms with E-state index < -0.39 is 0 Å². The molecule has 0 bridgehead atoms. The summed E-state index contributed by atoms with van der Waals surface area (Å²) in [4.78, 5) is 15.2. The number of ether oxygens (including phenoxy) is 2. The molecule has 1 amide bonds. The predicted molar refractivity (Wildman–Crippen MR) is 125 cm³/mol. The van der Waals surface area contributed by atoms with Gasteiger partial charge in [0.2, 0.25) is 5.91 Å². The second-order valence-corrected chi connectivity index (χ2v) is 8.35. The Morgan fingerprint density at radius 2 is 1.77 bits per heavy atom. The SMILES string of the molecule is CCOc1ccc([C@@H](C)NC(=O)C2CCN(Cc3ccccc3Cl)CC2)cc1OCC. The number of amides is 1. The van der Waals surface area contributed by atoms with Crippen LogP contribution >= 0.6 is 11.6 Å². The van der Waals surface area contributed by atoms with Crippen molar-refractivity contribution < 1.29 is 14.3 Å². The molecule has 2 aromatic rings. The van der Waals surface area contributed by atoms with Crippen LogP contribution in [0.3, 0.4) is 0 Å². The monoisotopic (exact) mass is 444 g/mol. The lowest BCUT2D eigenvalue weighted by atomic mass is 9.94. The van der Waals surface area contributed by atoms with Crippen molar-refractivity contribution in [3.63, 3.8) is 0 Å². The number of hydrogen-bond donors (Lipinski definition) is 1. The summed E-state index contributed by atoms with van der Waals surface area (Å²) < 4.78 is 11.4. The average Bonchev–Trinajstić information content (AvgIpc) is 2.77. The van der Waals surface area contributed by atoms with Crippen molar-refractivity contribution in [1.29, 1.82) is 0 Å². The molecule has 1 aliphatic rings. The molecule has 31 heavy (non-hydrogen) atoms. The van der Waals surface area contributed by atoms with Gasteiger partial charge in [0.25, 0.3) is 0 Å². The highest BCUT2D eigenvalue weighted by Gasteiger charge is 2.26. The molecule has 1 fully saturated rings. The van der Waals surface area contributed by atoms with Crippen molar-refractivity contribution in [2.45, 2.75) is 46.2 Å². The zero-order chi connectivity index (χ0) is 22.2. The summed E-state index contributed by atoms with van der Waals surface area (Å²) in [6, 6.07) is 13.7. The normalized spacial score (nSPS) is 16.0. The molecule has 3 rings (SSSR count). The molecule has 0 aromatic heterocycles. The van der Waals surface area contributed by atoms with E-state index in [4.69, 9.17) is 21.1 Å². The second-order valence-electron chi connectivity index (χ2n) is 7.94. The Morgan fingerprint density at radius 3 is 2.45 bits per heavy atom. The second kappa shape index (κ2) is 11.4. The van der Waals surface area contributed by atoms with Crippen LogP contribution in [0.2, 0.25) is 5.02 Å². The molecule has 1 aliphatic heterocycles. The number of likely N-dealkylation sites (tertiary alicyclic amines) is 1. The van der Waals surface area contributed by atoms with E-state index in [1.54, 1.807) is 0 Å². The van der Waals surface area contributed by atoms with E-state index in [0.717, 1.165) is 60.1 Å². The van der Waals surface area contributed by atoms with Crippen molar-refractivity contribution >= 4 is 17.5 Å². The van der Waals surface area contributed by atoms with E-state index in [-0.39, 0.29) is 17.9 Å². The maximum Gasteiger partial charge on any atom is 0.223 e. The Balaban J connectivity index is 1.53. The zero-order valence-electron chi connectivity index (χ0n) is 18.7. The lowest BCUT2D eigenvalue weighted by molar-refractivity contribution is -0.127. The van der Waals surface area contributed by atoms with Gasteiger partial charge in [-0.05, 0) is 76.0 Å². The standard InChI is InChI=1S/C25H33ClN2O3/c1-4-30-23-11-10-20(16-24(23)31-5-2)18(3)27-25(29)19-12-14-28(15-13-19)17-21-8-6-7-9-22(21)26/h6-11,16,18-19H,4-5,12-15,17H2,1-3H3,(H,27,29)/t18-/m1/s1. The highest BCUT2D eigenvalue weighted by Crippen LogP contribution is 2.31. The molecule has 0 radical (unpaired) electrons. The van der Waals surface area contributed by atoms with E-state index >= 15 is 0 Å². The smallest absolute Gasteiger partial charge is 0.223 e. The summed E-state index contributed by atoms with van der Waals surface area (Å²) in [5.41, 5.74) is 2.15. The molecule has 1 atom stereocenters. The van der Waals surface area contributed by atoms with Gasteiger partial charge in [0, 0.05) is 17.5 Å². The summed E-state index contributed by atoms with van der Waals surface area (Å²) in [6.07, 6.45) is 1.72.